The molecule has 1 amide bonds. The Hall–Kier alpha value is -1.24. The predicted molar refractivity (Wildman–Crippen MR) is 86.8 cm³/mol. The van der Waals surface area contributed by atoms with Gasteiger partial charge in [-0.3, -0.25) is 4.79 Å². The van der Waals surface area contributed by atoms with Gasteiger partial charge in [0.25, 0.3) is 0 Å². The van der Waals surface area contributed by atoms with E-state index in [9.17, 15) is 9.90 Å². The molecule has 2 N–H and O–H groups in total. The molecule has 0 aliphatic heterocycles. The molecule has 0 saturated carbocycles. The van der Waals surface area contributed by atoms with Crippen molar-refractivity contribution in [2.75, 3.05) is 6.54 Å². The lowest BCUT2D eigenvalue weighted by Crippen LogP contribution is -2.38. The van der Waals surface area contributed by atoms with Gasteiger partial charge in [-0.1, -0.05) is 19.9 Å². The summed E-state index contributed by atoms with van der Waals surface area (Å²) in [5.74, 6) is 0.263. The van der Waals surface area contributed by atoms with Crippen LogP contribution in [0.25, 0.3) is 0 Å². The van der Waals surface area contributed by atoms with Crippen molar-refractivity contribution in [3.63, 3.8) is 0 Å². The topological polar surface area (TPSA) is 62.2 Å². The van der Waals surface area contributed by atoms with E-state index in [0.717, 1.165) is 15.6 Å². The first kappa shape index (κ1) is 16.1. The molecule has 0 bridgehead atoms. The Kier molecular flexibility index (Phi) is 5.13. The molecular weight excluding hydrogens is 304 g/mol. The Balaban J connectivity index is 1.87. The molecular formula is C15H20N2O2S2. The Bertz CT molecular complexity index is 589. The molecule has 2 aromatic heterocycles. The zero-order chi connectivity index (χ0) is 15.5. The molecule has 0 saturated heterocycles. The normalized spacial score (nSPS) is 14.1. The Morgan fingerprint density at radius 3 is 2.81 bits per heavy atom. The number of amides is 1. The molecule has 2 rings (SSSR count). The molecule has 2 aromatic rings. The molecule has 1 atom stereocenters. The average molecular weight is 324 g/mol. The Morgan fingerprint density at radius 2 is 2.24 bits per heavy atom. The molecule has 4 nitrogen and oxygen atoms in total. The molecule has 21 heavy (non-hydrogen) atoms. The number of aromatic nitrogens is 1. The summed E-state index contributed by atoms with van der Waals surface area (Å²) >= 11 is 3.06. The van der Waals surface area contributed by atoms with Crippen LogP contribution in [-0.4, -0.2) is 22.5 Å². The van der Waals surface area contributed by atoms with Crippen molar-refractivity contribution >= 4 is 28.6 Å². The highest BCUT2D eigenvalue weighted by molar-refractivity contribution is 7.10. The third-order valence-electron chi connectivity index (χ3n) is 3.09. The van der Waals surface area contributed by atoms with Gasteiger partial charge in [-0.2, -0.15) is 0 Å². The van der Waals surface area contributed by atoms with E-state index in [0.29, 0.717) is 5.92 Å². The lowest BCUT2D eigenvalue weighted by Gasteiger charge is -2.22. The van der Waals surface area contributed by atoms with Crippen LogP contribution in [0, 0.1) is 0 Å². The van der Waals surface area contributed by atoms with Gasteiger partial charge in [-0.25, -0.2) is 4.98 Å². The summed E-state index contributed by atoms with van der Waals surface area (Å²) in [4.78, 5) is 17.2. The number of nitrogens with zero attached hydrogens (tertiary/aromatic N) is 1. The number of rotatable bonds is 6. The minimum atomic E-state index is -1.03. The number of hydrogen-bond donors (Lipinski definition) is 2. The number of hydrogen-bond acceptors (Lipinski definition) is 5. The smallest absolute Gasteiger partial charge is 0.226 e. The third kappa shape index (κ3) is 4.36. The largest absolute Gasteiger partial charge is 0.383 e. The van der Waals surface area contributed by atoms with Crippen LogP contribution in [0.1, 0.15) is 42.3 Å². The van der Waals surface area contributed by atoms with E-state index in [1.165, 1.54) is 11.3 Å². The standard InChI is InChI=1S/C15H20N2O2S2/c1-10(2)14-17-11(8-21-14)7-13(18)16-9-15(3,19)12-5-4-6-20-12/h4-6,8,10,19H,7,9H2,1-3H3,(H,16,18). The first-order valence-electron chi connectivity index (χ1n) is 6.86. The summed E-state index contributed by atoms with van der Waals surface area (Å²) < 4.78 is 0. The summed E-state index contributed by atoms with van der Waals surface area (Å²) in [7, 11) is 0. The van der Waals surface area contributed by atoms with Crippen LogP contribution >= 0.6 is 22.7 Å². The summed E-state index contributed by atoms with van der Waals surface area (Å²) in [6, 6.07) is 3.76. The second kappa shape index (κ2) is 6.68. The van der Waals surface area contributed by atoms with Gasteiger partial charge in [0.1, 0.15) is 5.60 Å². The summed E-state index contributed by atoms with van der Waals surface area (Å²) in [6.45, 7) is 6.08. The highest BCUT2D eigenvalue weighted by Gasteiger charge is 2.24. The van der Waals surface area contributed by atoms with Crippen LogP contribution in [0.5, 0.6) is 0 Å². The number of thiazole rings is 1. The summed E-state index contributed by atoms with van der Waals surface area (Å²) in [5.41, 5.74) is -0.244. The van der Waals surface area contributed by atoms with Crippen molar-refractivity contribution in [1.82, 2.24) is 10.3 Å². The highest BCUT2D eigenvalue weighted by Crippen LogP contribution is 2.24. The van der Waals surface area contributed by atoms with E-state index in [4.69, 9.17) is 0 Å². The number of carbonyl (C=O) groups excluding carboxylic acids is 1. The van der Waals surface area contributed by atoms with E-state index in [2.05, 4.69) is 24.1 Å². The van der Waals surface area contributed by atoms with Crippen molar-refractivity contribution in [2.24, 2.45) is 0 Å². The van der Waals surface area contributed by atoms with Gasteiger partial charge in [-0.15, -0.1) is 22.7 Å². The second-order valence-corrected chi connectivity index (χ2v) is 7.37. The molecule has 0 aromatic carbocycles. The molecule has 0 spiro atoms. The lowest BCUT2D eigenvalue weighted by atomic mass is 10.1. The Morgan fingerprint density at radius 1 is 1.48 bits per heavy atom. The zero-order valence-electron chi connectivity index (χ0n) is 12.4. The van der Waals surface area contributed by atoms with E-state index in [-0.39, 0.29) is 18.9 Å². The second-order valence-electron chi connectivity index (χ2n) is 5.54. The van der Waals surface area contributed by atoms with Gasteiger partial charge in [0.05, 0.1) is 23.7 Å². The van der Waals surface area contributed by atoms with Gasteiger partial charge in [0.2, 0.25) is 5.91 Å². The molecule has 0 aliphatic carbocycles. The van der Waals surface area contributed by atoms with E-state index in [1.54, 1.807) is 18.3 Å². The van der Waals surface area contributed by atoms with E-state index in [1.807, 2.05) is 22.9 Å². The SMILES string of the molecule is CC(C)c1nc(CC(=O)NCC(C)(O)c2cccs2)cs1. The summed E-state index contributed by atoms with van der Waals surface area (Å²) in [5, 5.41) is 18.0. The van der Waals surface area contributed by atoms with Gasteiger partial charge in [-0.05, 0) is 18.4 Å². The first-order valence-corrected chi connectivity index (χ1v) is 8.62. The van der Waals surface area contributed by atoms with Gasteiger partial charge >= 0.3 is 0 Å². The minimum Gasteiger partial charge on any atom is -0.383 e. The fourth-order valence-electron chi connectivity index (χ4n) is 1.84. The van der Waals surface area contributed by atoms with Crippen LogP contribution < -0.4 is 5.32 Å². The van der Waals surface area contributed by atoms with Crippen molar-refractivity contribution in [1.29, 1.82) is 0 Å². The van der Waals surface area contributed by atoms with Crippen LogP contribution in [-0.2, 0) is 16.8 Å². The van der Waals surface area contributed by atoms with Crippen molar-refractivity contribution in [3.05, 3.63) is 38.5 Å². The van der Waals surface area contributed by atoms with Crippen molar-refractivity contribution in [2.45, 2.75) is 38.7 Å². The van der Waals surface area contributed by atoms with Crippen LogP contribution in [0.3, 0.4) is 0 Å². The molecule has 2 heterocycles. The van der Waals surface area contributed by atoms with Crippen LogP contribution in [0.4, 0.5) is 0 Å². The zero-order valence-corrected chi connectivity index (χ0v) is 14.1. The number of aliphatic hydroxyl groups is 1. The number of carbonyl (C=O) groups is 1. The highest BCUT2D eigenvalue weighted by atomic mass is 32.1. The molecule has 114 valence electrons. The fourth-order valence-corrected chi connectivity index (χ4v) is 3.46. The predicted octanol–water partition coefficient (Wildman–Crippen LogP) is 2.89. The quantitative estimate of drug-likeness (QED) is 0.859. The molecule has 1 unspecified atom stereocenters. The number of nitrogens with one attached hydrogen (secondary N) is 1. The van der Waals surface area contributed by atoms with E-state index >= 15 is 0 Å². The lowest BCUT2D eigenvalue weighted by molar-refractivity contribution is -0.121. The van der Waals surface area contributed by atoms with Crippen LogP contribution in [0.15, 0.2) is 22.9 Å². The Labute approximate surface area is 132 Å². The summed E-state index contributed by atoms with van der Waals surface area (Å²) in [6.07, 6.45) is 0.254. The molecule has 0 fully saturated rings. The van der Waals surface area contributed by atoms with Crippen molar-refractivity contribution < 1.29 is 9.90 Å². The maximum absolute atomic E-state index is 12.0. The molecule has 6 heteroatoms. The maximum Gasteiger partial charge on any atom is 0.226 e. The van der Waals surface area contributed by atoms with E-state index < -0.39 is 5.60 Å². The fraction of sp³-hybridized carbons (Fsp3) is 0.467. The molecule has 0 aliphatic rings. The van der Waals surface area contributed by atoms with Gasteiger partial charge < -0.3 is 10.4 Å². The monoisotopic (exact) mass is 324 g/mol. The van der Waals surface area contributed by atoms with Gasteiger partial charge in [0.15, 0.2) is 0 Å². The first-order chi connectivity index (χ1) is 9.88. The van der Waals surface area contributed by atoms with Crippen molar-refractivity contribution in [3.8, 4) is 0 Å². The maximum atomic E-state index is 12.0. The minimum absolute atomic E-state index is 0.118. The number of thiophene rings is 1. The average Bonchev–Trinajstić information content (AvgIpc) is 3.07. The van der Waals surface area contributed by atoms with Crippen LogP contribution in [0.2, 0.25) is 0 Å². The third-order valence-corrected chi connectivity index (χ3v) is 5.40. The van der Waals surface area contributed by atoms with Gasteiger partial charge in [0, 0.05) is 16.2 Å². The molecule has 0 radical (unpaired) electrons.